The van der Waals surface area contributed by atoms with E-state index in [1.54, 1.807) is 12.1 Å². The summed E-state index contributed by atoms with van der Waals surface area (Å²) < 4.78 is 92.4. The number of carbonyl (C=O) groups is 1. The van der Waals surface area contributed by atoms with Crippen LogP contribution in [0.2, 0.25) is 10.0 Å². The molecule has 0 bridgehead atoms. The molecule has 0 aromatic heterocycles. The minimum atomic E-state index is -5.07. The Morgan fingerprint density at radius 1 is 0.833 bits per heavy atom. The van der Waals surface area contributed by atoms with E-state index in [-0.39, 0.29) is 25.6 Å². The molecular weight excluding hydrogens is 536 g/mol. The first kappa shape index (κ1) is 27.6. The summed E-state index contributed by atoms with van der Waals surface area (Å²) >= 11 is 12.0. The van der Waals surface area contributed by atoms with Crippen LogP contribution in [0.15, 0.2) is 60.7 Å². The maximum Gasteiger partial charge on any atom is 0.416 e. The first-order valence-electron chi connectivity index (χ1n) is 10.3. The summed E-state index contributed by atoms with van der Waals surface area (Å²) in [6.45, 7) is -0.127. The van der Waals surface area contributed by atoms with Gasteiger partial charge in [0.15, 0.2) is 0 Å². The zero-order valence-electron chi connectivity index (χ0n) is 18.2. The van der Waals surface area contributed by atoms with Gasteiger partial charge < -0.3 is 10.2 Å². The van der Waals surface area contributed by atoms with Gasteiger partial charge in [0.25, 0.3) is 0 Å². The fraction of sp³-hybridized carbons (Fsp3) is 0.208. The Bertz CT molecular complexity index is 1200. The highest BCUT2D eigenvalue weighted by molar-refractivity contribution is 6.35. The van der Waals surface area contributed by atoms with Crippen LogP contribution in [0.4, 0.5) is 41.2 Å². The number of rotatable bonds is 6. The van der Waals surface area contributed by atoms with Gasteiger partial charge in [-0.3, -0.25) is 0 Å². The van der Waals surface area contributed by atoms with Crippen molar-refractivity contribution in [2.45, 2.75) is 25.3 Å². The molecule has 0 atom stereocenters. The lowest BCUT2D eigenvalue weighted by Crippen LogP contribution is -2.36. The number of hydrogen-bond donors (Lipinski definition) is 1. The Balaban J connectivity index is 1.89. The molecule has 0 unspecified atom stereocenters. The van der Waals surface area contributed by atoms with Crippen LogP contribution in [0.5, 0.6) is 0 Å². The van der Waals surface area contributed by atoms with Gasteiger partial charge in [0.2, 0.25) is 0 Å². The van der Waals surface area contributed by atoms with Gasteiger partial charge in [0, 0.05) is 28.8 Å². The van der Waals surface area contributed by atoms with E-state index in [4.69, 9.17) is 23.2 Å². The number of benzene rings is 3. The number of carbonyl (C=O) groups excluding carboxylic acids is 1. The molecule has 3 aromatic rings. The number of nitrogens with zero attached hydrogens (tertiary/aromatic N) is 1. The second-order valence-corrected chi connectivity index (χ2v) is 8.60. The van der Waals surface area contributed by atoms with Crippen molar-refractivity contribution in [2.24, 2.45) is 0 Å². The van der Waals surface area contributed by atoms with Crippen LogP contribution < -0.4 is 5.32 Å². The average Bonchev–Trinajstić information content (AvgIpc) is 2.77. The van der Waals surface area contributed by atoms with Crippen molar-refractivity contribution < 1.29 is 35.5 Å². The molecule has 0 aliphatic heterocycles. The maximum absolute atomic E-state index is 13.3. The topological polar surface area (TPSA) is 32.3 Å². The predicted molar refractivity (Wildman–Crippen MR) is 122 cm³/mol. The first-order valence-corrected chi connectivity index (χ1v) is 11.0. The highest BCUT2D eigenvalue weighted by atomic mass is 35.5. The third-order valence-electron chi connectivity index (χ3n) is 5.08. The Morgan fingerprint density at radius 3 is 1.94 bits per heavy atom. The quantitative estimate of drug-likeness (QED) is 0.306. The van der Waals surface area contributed by atoms with E-state index in [9.17, 15) is 35.5 Å². The molecule has 0 heterocycles. The fourth-order valence-electron chi connectivity index (χ4n) is 3.27. The van der Waals surface area contributed by atoms with Crippen LogP contribution in [-0.4, -0.2) is 17.5 Å². The monoisotopic (exact) mass is 552 g/mol. The van der Waals surface area contributed by atoms with E-state index in [0.29, 0.717) is 33.3 Å². The predicted octanol–water partition coefficient (Wildman–Crippen LogP) is 8.45. The number of halogens is 9. The third-order valence-corrected chi connectivity index (χ3v) is 5.67. The second kappa shape index (κ2) is 11.0. The van der Waals surface area contributed by atoms with Crippen LogP contribution in [0.3, 0.4) is 0 Å². The van der Waals surface area contributed by atoms with Crippen molar-refractivity contribution in [1.82, 2.24) is 4.90 Å². The van der Waals surface area contributed by atoms with Gasteiger partial charge in [-0.1, -0.05) is 41.4 Å². The summed E-state index contributed by atoms with van der Waals surface area (Å²) in [5, 5.41) is 2.82. The smallest absolute Gasteiger partial charge is 0.320 e. The SMILES string of the molecule is O=C(Nc1cc(C(F)(F)F)cc(C(F)(F)F)c1)N(CCc1ccc(Cl)cc1Cl)Cc1ccc(F)cc1. The van der Waals surface area contributed by atoms with E-state index in [1.165, 1.54) is 18.2 Å². The number of urea groups is 1. The normalized spacial score (nSPS) is 11.9. The second-order valence-electron chi connectivity index (χ2n) is 7.76. The molecule has 0 aliphatic rings. The molecule has 0 aliphatic carbocycles. The molecule has 2 amide bonds. The molecule has 0 spiro atoms. The molecule has 3 aromatic carbocycles. The number of anilines is 1. The minimum absolute atomic E-state index is 0.0182. The molecule has 0 fully saturated rings. The molecule has 12 heteroatoms. The molecular formula is C24H17Cl2F7N2O. The summed E-state index contributed by atoms with van der Waals surface area (Å²) in [7, 11) is 0. The maximum atomic E-state index is 13.3. The van der Waals surface area contributed by atoms with E-state index < -0.39 is 41.0 Å². The lowest BCUT2D eigenvalue weighted by atomic mass is 10.1. The van der Waals surface area contributed by atoms with Gasteiger partial charge in [-0.2, -0.15) is 26.3 Å². The Hall–Kier alpha value is -2.98. The summed E-state index contributed by atoms with van der Waals surface area (Å²) in [4.78, 5) is 14.1. The lowest BCUT2D eigenvalue weighted by molar-refractivity contribution is -0.143. The Kier molecular flexibility index (Phi) is 8.40. The zero-order valence-corrected chi connectivity index (χ0v) is 19.7. The molecule has 3 nitrogen and oxygen atoms in total. The standard InChI is InChI=1S/C24H17Cl2F7N2O/c25-18-4-3-15(21(26)12-18)7-8-35(13-14-1-5-19(27)6-2-14)22(36)34-20-10-16(23(28,29)30)9-17(11-20)24(31,32)33/h1-6,9-12H,7-8,13H2,(H,34,36). The number of hydrogen-bond acceptors (Lipinski definition) is 1. The summed E-state index contributed by atoms with van der Waals surface area (Å²) in [6, 6.07) is 9.64. The Labute approximate surface area is 211 Å². The molecule has 36 heavy (non-hydrogen) atoms. The molecule has 192 valence electrons. The van der Waals surface area contributed by atoms with Crippen LogP contribution >= 0.6 is 23.2 Å². The van der Waals surface area contributed by atoms with E-state index in [0.717, 1.165) is 17.0 Å². The van der Waals surface area contributed by atoms with Crippen LogP contribution in [0.25, 0.3) is 0 Å². The van der Waals surface area contributed by atoms with Crippen molar-refractivity contribution in [2.75, 3.05) is 11.9 Å². The molecule has 0 saturated heterocycles. The zero-order chi connectivity index (χ0) is 26.7. The highest BCUT2D eigenvalue weighted by Gasteiger charge is 2.37. The van der Waals surface area contributed by atoms with Gasteiger partial charge in [-0.05, 0) is 60.0 Å². The lowest BCUT2D eigenvalue weighted by Gasteiger charge is -2.24. The number of alkyl halides is 6. The van der Waals surface area contributed by atoms with E-state index in [1.807, 2.05) is 0 Å². The Morgan fingerprint density at radius 2 is 1.42 bits per heavy atom. The van der Waals surface area contributed by atoms with Gasteiger partial charge in [0.05, 0.1) is 11.1 Å². The molecule has 0 radical (unpaired) electrons. The van der Waals surface area contributed by atoms with E-state index >= 15 is 0 Å². The average molecular weight is 553 g/mol. The fourth-order valence-corrected chi connectivity index (χ4v) is 3.78. The summed E-state index contributed by atoms with van der Waals surface area (Å²) in [6.07, 6.45) is -9.94. The van der Waals surface area contributed by atoms with Crippen molar-refractivity contribution in [1.29, 1.82) is 0 Å². The molecule has 0 saturated carbocycles. The molecule has 3 rings (SSSR count). The third kappa shape index (κ3) is 7.51. The van der Waals surface area contributed by atoms with Crippen molar-refractivity contribution in [3.63, 3.8) is 0 Å². The number of amides is 2. The van der Waals surface area contributed by atoms with Crippen LogP contribution in [0.1, 0.15) is 22.3 Å². The highest BCUT2D eigenvalue weighted by Crippen LogP contribution is 2.37. The first-order chi connectivity index (χ1) is 16.7. The largest absolute Gasteiger partial charge is 0.416 e. The van der Waals surface area contributed by atoms with Crippen LogP contribution in [-0.2, 0) is 25.3 Å². The summed E-state index contributed by atoms with van der Waals surface area (Å²) in [5.41, 5.74) is -2.72. The van der Waals surface area contributed by atoms with Gasteiger partial charge in [0.1, 0.15) is 5.82 Å². The van der Waals surface area contributed by atoms with Crippen LogP contribution in [0, 0.1) is 5.82 Å². The minimum Gasteiger partial charge on any atom is -0.320 e. The van der Waals surface area contributed by atoms with E-state index in [2.05, 4.69) is 5.32 Å². The number of nitrogens with one attached hydrogen (secondary N) is 1. The van der Waals surface area contributed by atoms with Crippen molar-refractivity contribution >= 4 is 34.9 Å². The molecule has 1 N–H and O–H groups in total. The van der Waals surface area contributed by atoms with Crippen molar-refractivity contribution in [3.8, 4) is 0 Å². The summed E-state index contributed by atoms with van der Waals surface area (Å²) in [5.74, 6) is -0.522. The van der Waals surface area contributed by atoms with Gasteiger partial charge >= 0.3 is 18.4 Å². The van der Waals surface area contributed by atoms with Crippen molar-refractivity contribution in [3.05, 3.63) is 98.8 Å². The van der Waals surface area contributed by atoms with Gasteiger partial charge in [-0.15, -0.1) is 0 Å². The van der Waals surface area contributed by atoms with Gasteiger partial charge in [-0.25, -0.2) is 9.18 Å².